The number of hydrogen-bond donors (Lipinski definition) is 1. The summed E-state index contributed by atoms with van der Waals surface area (Å²) in [5.41, 5.74) is 2.94. The Labute approximate surface area is 144 Å². The largest absolute Gasteiger partial charge is 0.438 e. The Hall–Kier alpha value is -2.60. The first-order valence-corrected chi connectivity index (χ1v) is 7.83. The summed E-state index contributed by atoms with van der Waals surface area (Å²) in [5, 5.41) is 7.61. The van der Waals surface area contributed by atoms with Gasteiger partial charge in [-0.1, -0.05) is 11.6 Å². The van der Waals surface area contributed by atoms with Crippen molar-refractivity contribution >= 4 is 17.5 Å². The summed E-state index contributed by atoms with van der Waals surface area (Å²) in [6.45, 7) is 3.91. The van der Waals surface area contributed by atoms with E-state index in [9.17, 15) is 4.79 Å². The van der Waals surface area contributed by atoms with Crippen molar-refractivity contribution in [3.05, 3.63) is 58.3 Å². The fourth-order valence-electron chi connectivity index (χ4n) is 2.47. The van der Waals surface area contributed by atoms with Crippen LogP contribution in [0.4, 0.5) is 0 Å². The molecule has 3 rings (SSSR count). The summed E-state index contributed by atoms with van der Waals surface area (Å²) in [4.78, 5) is 16.6. The minimum Gasteiger partial charge on any atom is -0.438 e. The predicted octanol–water partition coefficient (Wildman–Crippen LogP) is 3.28. The molecule has 0 aliphatic rings. The normalized spacial score (nSPS) is 10.8. The van der Waals surface area contributed by atoms with Crippen molar-refractivity contribution in [2.45, 2.75) is 20.4 Å². The van der Waals surface area contributed by atoms with Crippen LogP contribution in [0.15, 0.2) is 34.7 Å². The van der Waals surface area contributed by atoms with E-state index in [0.717, 1.165) is 17.0 Å². The van der Waals surface area contributed by atoms with Crippen LogP contribution in [0.2, 0.25) is 5.02 Å². The first-order valence-electron chi connectivity index (χ1n) is 7.45. The Morgan fingerprint density at radius 1 is 1.29 bits per heavy atom. The number of aromatic nitrogens is 3. The zero-order valence-electron chi connectivity index (χ0n) is 13.6. The quantitative estimate of drug-likeness (QED) is 0.788. The molecule has 0 unspecified atom stereocenters. The van der Waals surface area contributed by atoms with Gasteiger partial charge in [-0.05, 0) is 44.2 Å². The molecule has 2 heterocycles. The number of carbonyl (C=O) groups excluding carboxylic acids is 1. The van der Waals surface area contributed by atoms with Crippen molar-refractivity contribution in [2.24, 2.45) is 7.05 Å². The van der Waals surface area contributed by atoms with Gasteiger partial charge in [0.05, 0.1) is 17.9 Å². The lowest BCUT2D eigenvalue weighted by Crippen LogP contribution is -2.25. The van der Waals surface area contributed by atoms with E-state index in [2.05, 4.69) is 15.4 Å². The van der Waals surface area contributed by atoms with Crippen LogP contribution in [0.1, 0.15) is 27.8 Å². The standard InChI is InChI=1S/C17H17ClN4O2/c1-10-8-14(22(3)21-10)17(23)19-9-15-20-11(2)16(24-15)12-4-6-13(18)7-5-12/h4-8H,9H2,1-3H3,(H,19,23). The zero-order valence-corrected chi connectivity index (χ0v) is 14.4. The molecule has 0 saturated carbocycles. The fourth-order valence-corrected chi connectivity index (χ4v) is 2.59. The molecule has 0 atom stereocenters. The van der Waals surface area contributed by atoms with Gasteiger partial charge in [0.15, 0.2) is 5.76 Å². The average Bonchev–Trinajstić information content (AvgIpc) is 3.08. The van der Waals surface area contributed by atoms with Gasteiger partial charge in [-0.3, -0.25) is 9.48 Å². The summed E-state index contributed by atoms with van der Waals surface area (Å²) in [6, 6.07) is 9.07. The Morgan fingerprint density at radius 2 is 2.00 bits per heavy atom. The van der Waals surface area contributed by atoms with E-state index in [-0.39, 0.29) is 12.5 Å². The van der Waals surface area contributed by atoms with Gasteiger partial charge in [-0.15, -0.1) is 0 Å². The summed E-state index contributed by atoms with van der Waals surface area (Å²) < 4.78 is 7.32. The van der Waals surface area contributed by atoms with Crippen LogP contribution in [0, 0.1) is 13.8 Å². The molecule has 6 nitrogen and oxygen atoms in total. The molecule has 1 aromatic carbocycles. The molecule has 0 aliphatic heterocycles. The highest BCUT2D eigenvalue weighted by Gasteiger charge is 2.15. The van der Waals surface area contributed by atoms with Crippen molar-refractivity contribution < 1.29 is 9.21 Å². The summed E-state index contributed by atoms with van der Waals surface area (Å²) in [6.07, 6.45) is 0. The van der Waals surface area contributed by atoms with Crippen LogP contribution in [-0.2, 0) is 13.6 Å². The third-order valence-electron chi connectivity index (χ3n) is 3.58. The third-order valence-corrected chi connectivity index (χ3v) is 3.83. The zero-order chi connectivity index (χ0) is 17.3. The second kappa shape index (κ2) is 6.49. The van der Waals surface area contributed by atoms with E-state index < -0.39 is 0 Å². The molecule has 0 spiro atoms. The van der Waals surface area contributed by atoms with Gasteiger partial charge in [-0.25, -0.2) is 4.98 Å². The molecule has 1 N–H and O–H groups in total. The van der Waals surface area contributed by atoms with E-state index in [1.807, 2.05) is 26.0 Å². The lowest BCUT2D eigenvalue weighted by molar-refractivity contribution is 0.0938. The van der Waals surface area contributed by atoms with E-state index in [1.54, 1.807) is 29.9 Å². The highest BCUT2D eigenvalue weighted by atomic mass is 35.5. The van der Waals surface area contributed by atoms with Crippen LogP contribution in [-0.4, -0.2) is 20.7 Å². The molecule has 24 heavy (non-hydrogen) atoms. The Bertz CT molecular complexity index is 881. The van der Waals surface area contributed by atoms with E-state index in [4.69, 9.17) is 16.0 Å². The topological polar surface area (TPSA) is 73.0 Å². The van der Waals surface area contributed by atoms with Gasteiger partial charge in [0, 0.05) is 17.6 Å². The Morgan fingerprint density at radius 3 is 2.62 bits per heavy atom. The first kappa shape index (κ1) is 16.3. The van der Waals surface area contributed by atoms with Gasteiger partial charge >= 0.3 is 0 Å². The van der Waals surface area contributed by atoms with Crippen molar-refractivity contribution in [3.8, 4) is 11.3 Å². The summed E-state index contributed by atoms with van der Waals surface area (Å²) >= 11 is 5.90. The van der Waals surface area contributed by atoms with Crippen LogP contribution in [0.5, 0.6) is 0 Å². The molecule has 3 aromatic rings. The second-order valence-electron chi connectivity index (χ2n) is 5.51. The average molecular weight is 345 g/mol. The monoisotopic (exact) mass is 344 g/mol. The molecule has 0 bridgehead atoms. The summed E-state index contributed by atoms with van der Waals surface area (Å²) in [5.74, 6) is 0.902. The molecule has 7 heteroatoms. The van der Waals surface area contributed by atoms with E-state index in [1.165, 1.54) is 0 Å². The van der Waals surface area contributed by atoms with Gasteiger partial charge in [0.2, 0.25) is 5.89 Å². The lowest BCUT2D eigenvalue weighted by atomic mass is 10.1. The van der Waals surface area contributed by atoms with Gasteiger partial charge < -0.3 is 9.73 Å². The number of oxazole rings is 1. The van der Waals surface area contributed by atoms with Crippen LogP contribution < -0.4 is 5.32 Å². The SMILES string of the molecule is Cc1cc(C(=O)NCc2nc(C)c(-c3ccc(Cl)cc3)o2)n(C)n1. The maximum atomic E-state index is 12.2. The third kappa shape index (κ3) is 3.33. The Kier molecular flexibility index (Phi) is 4.40. The number of hydrogen-bond acceptors (Lipinski definition) is 4. The maximum absolute atomic E-state index is 12.2. The van der Waals surface area contributed by atoms with Crippen molar-refractivity contribution in [2.75, 3.05) is 0 Å². The Balaban J connectivity index is 1.72. The molecule has 0 saturated heterocycles. The van der Waals surface area contributed by atoms with Crippen molar-refractivity contribution in [1.82, 2.24) is 20.1 Å². The predicted molar refractivity (Wildman–Crippen MR) is 90.8 cm³/mol. The first-order chi connectivity index (χ1) is 11.4. The van der Waals surface area contributed by atoms with Crippen LogP contribution in [0.3, 0.4) is 0 Å². The molecule has 0 fully saturated rings. The van der Waals surface area contributed by atoms with Gasteiger partial charge in [0.1, 0.15) is 5.69 Å². The number of benzene rings is 1. The van der Waals surface area contributed by atoms with Gasteiger partial charge in [0.25, 0.3) is 5.91 Å². The van der Waals surface area contributed by atoms with Crippen LogP contribution >= 0.6 is 11.6 Å². The highest BCUT2D eigenvalue weighted by molar-refractivity contribution is 6.30. The lowest BCUT2D eigenvalue weighted by Gasteiger charge is -2.02. The molecule has 124 valence electrons. The summed E-state index contributed by atoms with van der Waals surface area (Å²) in [7, 11) is 1.73. The van der Waals surface area contributed by atoms with E-state index >= 15 is 0 Å². The second-order valence-corrected chi connectivity index (χ2v) is 5.94. The highest BCUT2D eigenvalue weighted by Crippen LogP contribution is 2.25. The molecule has 2 aromatic heterocycles. The van der Waals surface area contributed by atoms with Crippen LogP contribution in [0.25, 0.3) is 11.3 Å². The fraction of sp³-hybridized carbons (Fsp3) is 0.235. The minimum atomic E-state index is -0.220. The number of rotatable bonds is 4. The number of amides is 1. The number of nitrogens with zero attached hydrogens (tertiary/aromatic N) is 3. The molecule has 1 amide bonds. The minimum absolute atomic E-state index is 0.206. The number of nitrogens with one attached hydrogen (secondary N) is 1. The maximum Gasteiger partial charge on any atom is 0.269 e. The molecular weight excluding hydrogens is 328 g/mol. The molecule has 0 aliphatic carbocycles. The number of aryl methyl sites for hydroxylation is 3. The smallest absolute Gasteiger partial charge is 0.269 e. The van der Waals surface area contributed by atoms with Crippen molar-refractivity contribution in [3.63, 3.8) is 0 Å². The molecular formula is C17H17ClN4O2. The number of carbonyl (C=O) groups is 1. The van der Waals surface area contributed by atoms with Crippen molar-refractivity contribution in [1.29, 1.82) is 0 Å². The number of halogens is 1. The molecule has 0 radical (unpaired) electrons. The van der Waals surface area contributed by atoms with E-state index in [0.29, 0.717) is 22.4 Å². The van der Waals surface area contributed by atoms with Gasteiger partial charge in [-0.2, -0.15) is 5.10 Å².